The Hall–Kier alpha value is -1.26. The first-order valence-corrected chi connectivity index (χ1v) is 8.29. The van der Waals surface area contributed by atoms with E-state index in [2.05, 4.69) is 30.4 Å². The van der Waals surface area contributed by atoms with Crippen LogP contribution in [0.4, 0.5) is 0 Å². The molecule has 4 nitrogen and oxygen atoms in total. The van der Waals surface area contributed by atoms with Crippen molar-refractivity contribution in [2.45, 2.75) is 52.0 Å². The lowest BCUT2D eigenvalue weighted by atomic mass is 10.1. The van der Waals surface area contributed by atoms with Crippen molar-refractivity contribution in [1.82, 2.24) is 5.32 Å². The number of aryl methyl sites for hydroxylation is 2. The number of carbonyl (C=O) groups is 1. The maximum atomic E-state index is 11.9. The van der Waals surface area contributed by atoms with E-state index in [-0.39, 0.29) is 24.4 Å². The summed E-state index contributed by atoms with van der Waals surface area (Å²) in [6, 6.07) is 6.39. The number of halogens is 1. The summed E-state index contributed by atoms with van der Waals surface area (Å²) >= 11 is 0. The van der Waals surface area contributed by atoms with E-state index < -0.39 is 0 Å². The van der Waals surface area contributed by atoms with E-state index in [9.17, 15) is 4.79 Å². The van der Waals surface area contributed by atoms with Crippen molar-refractivity contribution < 1.29 is 9.53 Å². The second-order valence-electron chi connectivity index (χ2n) is 6.32. The molecule has 1 aliphatic carbocycles. The number of unbranched alkanes of at least 4 members (excludes halogenated alkanes) is 1. The molecule has 0 radical (unpaired) electrons. The number of ether oxygens (including phenoxy) is 1. The van der Waals surface area contributed by atoms with E-state index in [0.717, 1.165) is 24.2 Å². The zero-order valence-corrected chi connectivity index (χ0v) is 15.0. The second-order valence-corrected chi connectivity index (χ2v) is 6.32. The quantitative estimate of drug-likeness (QED) is 0.679. The topological polar surface area (TPSA) is 64.3 Å². The number of nitrogens with one attached hydrogen (secondary N) is 1. The highest BCUT2D eigenvalue weighted by Gasteiger charge is 2.30. The summed E-state index contributed by atoms with van der Waals surface area (Å²) in [6.45, 7) is 5.31. The summed E-state index contributed by atoms with van der Waals surface area (Å²) in [7, 11) is 0. The summed E-state index contributed by atoms with van der Waals surface area (Å²) in [5, 5.41) is 3.05. The number of amides is 1. The minimum Gasteiger partial charge on any atom is -0.493 e. The summed E-state index contributed by atoms with van der Waals surface area (Å²) in [5.41, 5.74) is 8.05. The molecule has 0 bridgehead atoms. The Morgan fingerprint density at radius 3 is 2.74 bits per heavy atom. The number of hydrogen-bond donors (Lipinski definition) is 2. The Balaban J connectivity index is 0.00000264. The first-order valence-electron chi connectivity index (χ1n) is 8.29. The van der Waals surface area contributed by atoms with Gasteiger partial charge in [-0.05, 0) is 62.6 Å². The maximum absolute atomic E-state index is 11.9. The monoisotopic (exact) mass is 340 g/mol. The number of nitrogens with two attached hydrogens (primary N) is 1. The van der Waals surface area contributed by atoms with Crippen molar-refractivity contribution in [3.63, 3.8) is 0 Å². The molecule has 0 heterocycles. The molecule has 23 heavy (non-hydrogen) atoms. The minimum absolute atomic E-state index is 0. The number of carbonyl (C=O) groups excluding carboxylic acids is 1. The minimum atomic E-state index is 0. The van der Waals surface area contributed by atoms with Crippen LogP contribution in [0, 0.1) is 19.8 Å². The fourth-order valence-corrected chi connectivity index (χ4v) is 2.58. The predicted molar refractivity (Wildman–Crippen MR) is 96.2 cm³/mol. The molecule has 1 amide bonds. The fraction of sp³-hybridized carbons (Fsp3) is 0.611. The largest absolute Gasteiger partial charge is 0.493 e. The van der Waals surface area contributed by atoms with E-state index in [1.54, 1.807) is 0 Å². The normalized spacial score (nSPS) is 14.7. The van der Waals surface area contributed by atoms with Crippen LogP contribution in [-0.2, 0) is 4.79 Å². The standard InChI is InChI=1S/C18H28N2O2.ClH/c1-13-6-7-14(2)17(11-13)22-10-4-3-5-18(21)20-16(12-19)15-8-9-15;/h6-7,11,15-16H,3-5,8-10,12,19H2,1-2H3,(H,20,21);1H. The van der Waals surface area contributed by atoms with Gasteiger partial charge in [0.15, 0.2) is 0 Å². The van der Waals surface area contributed by atoms with Crippen LogP contribution in [0.1, 0.15) is 43.2 Å². The van der Waals surface area contributed by atoms with Gasteiger partial charge in [0, 0.05) is 19.0 Å². The van der Waals surface area contributed by atoms with Crippen molar-refractivity contribution in [1.29, 1.82) is 0 Å². The van der Waals surface area contributed by atoms with Crippen LogP contribution in [0.3, 0.4) is 0 Å². The lowest BCUT2D eigenvalue weighted by Crippen LogP contribution is -2.41. The first-order chi connectivity index (χ1) is 10.6. The Bertz CT molecular complexity index is 504. The zero-order valence-electron chi connectivity index (χ0n) is 14.1. The highest BCUT2D eigenvalue weighted by molar-refractivity contribution is 5.85. The number of rotatable bonds is 9. The van der Waals surface area contributed by atoms with Gasteiger partial charge < -0.3 is 15.8 Å². The molecule has 0 spiro atoms. The number of benzene rings is 1. The molecule has 1 unspecified atom stereocenters. The molecule has 1 aliphatic rings. The second kappa shape index (κ2) is 9.78. The van der Waals surface area contributed by atoms with Gasteiger partial charge in [-0.15, -0.1) is 12.4 Å². The summed E-state index contributed by atoms with van der Waals surface area (Å²) in [6.07, 6.45) is 4.69. The van der Waals surface area contributed by atoms with Crippen LogP contribution >= 0.6 is 12.4 Å². The third-order valence-electron chi connectivity index (χ3n) is 4.19. The molecule has 1 atom stereocenters. The van der Waals surface area contributed by atoms with Crippen molar-refractivity contribution in [2.75, 3.05) is 13.2 Å². The van der Waals surface area contributed by atoms with Gasteiger partial charge in [-0.3, -0.25) is 4.79 Å². The van der Waals surface area contributed by atoms with E-state index in [1.165, 1.54) is 18.4 Å². The van der Waals surface area contributed by atoms with E-state index in [1.807, 2.05) is 6.92 Å². The average molecular weight is 341 g/mol. The fourth-order valence-electron chi connectivity index (χ4n) is 2.58. The highest BCUT2D eigenvalue weighted by atomic mass is 35.5. The summed E-state index contributed by atoms with van der Waals surface area (Å²) in [5.74, 6) is 1.68. The molecular weight excluding hydrogens is 312 g/mol. The van der Waals surface area contributed by atoms with Crippen LogP contribution < -0.4 is 15.8 Å². The average Bonchev–Trinajstić information content (AvgIpc) is 3.32. The Labute approximate surface area is 145 Å². The molecule has 1 fully saturated rings. The van der Waals surface area contributed by atoms with E-state index in [0.29, 0.717) is 25.5 Å². The predicted octanol–water partition coefficient (Wildman–Crippen LogP) is 3.13. The zero-order chi connectivity index (χ0) is 15.9. The smallest absolute Gasteiger partial charge is 0.220 e. The Morgan fingerprint density at radius 2 is 2.09 bits per heavy atom. The van der Waals surface area contributed by atoms with Gasteiger partial charge in [-0.25, -0.2) is 0 Å². The van der Waals surface area contributed by atoms with E-state index >= 15 is 0 Å². The van der Waals surface area contributed by atoms with Gasteiger partial charge in [0.05, 0.1) is 6.61 Å². The molecule has 5 heteroatoms. The molecule has 1 saturated carbocycles. The molecule has 3 N–H and O–H groups in total. The lowest BCUT2D eigenvalue weighted by Gasteiger charge is -2.16. The van der Waals surface area contributed by atoms with Gasteiger partial charge in [-0.2, -0.15) is 0 Å². The van der Waals surface area contributed by atoms with Crippen LogP contribution in [0.15, 0.2) is 18.2 Å². The first kappa shape index (κ1) is 19.8. The molecule has 1 aromatic rings. The molecule has 1 aromatic carbocycles. The van der Waals surface area contributed by atoms with Gasteiger partial charge in [0.1, 0.15) is 5.75 Å². The molecule has 0 aromatic heterocycles. The summed E-state index contributed by atoms with van der Waals surface area (Å²) in [4.78, 5) is 11.9. The van der Waals surface area contributed by atoms with Crippen molar-refractivity contribution >= 4 is 18.3 Å². The molecular formula is C18H29ClN2O2. The van der Waals surface area contributed by atoms with Gasteiger partial charge in [0.2, 0.25) is 5.91 Å². The highest BCUT2D eigenvalue weighted by Crippen LogP contribution is 2.32. The SMILES string of the molecule is Cc1ccc(C)c(OCCCCC(=O)NC(CN)C2CC2)c1.Cl. The van der Waals surface area contributed by atoms with Crippen LogP contribution in [0.25, 0.3) is 0 Å². The lowest BCUT2D eigenvalue weighted by molar-refractivity contribution is -0.122. The van der Waals surface area contributed by atoms with Crippen molar-refractivity contribution in [2.24, 2.45) is 11.7 Å². The summed E-state index contributed by atoms with van der Waals surface area (Å²) < 4.78 is 5.80. The van der Waals surface area contributed by atoms with Gasteiger partial charge in [-0.1, -0.05) is 12.1 Å². The Kier molecular flexibility index (Phi) is 8.42. The van der Waals surface area contributed by atoms with Crippen LogP contribution in [0.2, 0.25) is 0 Å². The molecule has 130 valence electrons. The number of hydrogen-bond acceptors (Lipinski definition) is 3. The molecule has 2 rings (SSSR count). The molecule has 0 saturated heterocycles. The van der Waals surface area contributed by atoms with Gasteiger partial charge in [0.25, 0.3) is 0 Å². The van der Waals surface area contributed by atoms with Gasteiger partial charge >= 0.3 is 0 Å². The third kappa shape index (κ3) is 6.80. The van der Waals surface area contributed by atoms with Crippen molar-refractivity contribution in [3.05, 3.63) is 29.3 Å². The maximum Gasteiger partial charge on any atom is 0.220 e. The molecule has 0 aliphatic heterocycles. The van der Waals surface area contributed by atoms with Crippen molar-refractivity contribution in [3.8, 4) is 5.75 Å². The Morgan fingerprint density at radius 1 is 1.35 bits per heavy atom. The van der Waals surface area contributed by atoms with Crippen LogP contribution in [-0.4, -0.2) is 25.1 Å². The third-order valence-corrected chi connectivity index (χ3v) is 4.19. The van der Waals surface area contributed by atoms with E-state index in [4.69, 9.17) is 10.5 Å². The van der Waals surface area contributed by atoms with Crippen LogP contribution in [0.5, 0.6) is 5.75 Å².